The quantitative estimate of drug-likeness (QED) is 0.743. The molecule has 6 heteroatoms. The third-order valence-corrected chi connectivity index (χ3v) is 2.79. The van der Waals surface area contributed by atoms with Crippen LogP contribution in [0.1, 0.15) is 12.8 Å². The van der Waals surface area contributed by atoms with Crippen LogP contribution in [0.5, 0.6) is 0 Å². The number of pyridine rings is 1. The standard InChI is InChI=1S/C11H14FN3O2/c12-8-2-1-3-9(14-8)15-10(16)11(13)4-6-17-7-5-11/h1-3H,4-7,13H2,(H,14,15,16). The first kappa shape index (κ1) is 11.9. The van der Waals surface area contributed by atoms with Crippen molar-refractivity contribution < 1.29 is 13.9 Å². The summed E-state index contributed by atoms with van der Waals surface area (Å²) in [5, 5.41) is 2.52. The molecule has 1 aromatic heterocycles. The van der Waals surface area contributed by atoms with Gasteiger partial charge in [-0.1, -0.05) is 6.07 Å². The van der Waals surface area contributed by atoms with E-state index in [0.29, 0.717) is 26.1 Å². The zero-order chi connectivity index (χ0) is 12.3. The monoisotopic (exact) mass is 239 g/mol. The van der Waals surface area contributed by atoms with Gasteiger partial charge in [0.05, 0.1) is 0 Å². The molecule has 0 saturated carbocycles. The number of aromatic nitrogens is 1. The van der Waals surface area contributed by atoms with Crippen molar-refractivity contribution in [3.63, 3.8) is 0 Å². The number of ether oxygens (including phenoxy) is 1. The van der Waals surface area contributed by atoms with E-state index in [1.54, 1.807) is 0 Å². The Labute approximate surface area is 98.2 Å². The average Bonchev–Trinajstić information content (AvgIpc) is 2.30. The van der Waals surface area contributed by atoms with E-state index in [9.17, 15) is 9.18 Å². The number of hydrogen-bond donors (Lipinski definition) is 2. The lowest BCUT2D eigenvalue weighted by atomic mass is 9.90. The molecule has 2 heterocycles. The second-order valence-corrected chi connectivity index (χ2v) is 4.07. The van der Waals surface area contributed by atoms with Crippen LogP contribution in [0.3, 0.4) is 0 Å². The van der Waals surface area contributed by atoms with Crippen molar-refractivity contribution in [3.05, 3.63) is 24.1 Å². The number of anilines is 1. The van der Waals surface area contributed by atoms with E-state index >= 15 is 0 Å². The lowest BCUT2D eigenvalue weighted by Gasteiger charge is -2.31. The van der Waals surface area contributed by atoms with Gasteiger partial charge in [-0.25, -0.2) is 4.98 Å². The third kappa shape index (κ3) is 2.78. The zero-order valence-corrected chi connectivity index (χ0v) is 9.28. The summed E-state index contributed by atoms with van der Waals surface area (Å²) < 4.78 is 18.0. The van der Waals surface area contributed by atoms with Gasteiger partial charge >= 0.3 is 0 Å². The van der Waals surface area contributed by atoms with Gasteiger partial charge in [0, 0.05) is 13.2 Å². The number of nitrogens with two attached hydrogens (primary N) is 1. The van der Waals surface area contributed by atoms with Crippen LogP contribution < -0.4 is 11.1 Å². The number of carbonyl (C=O) groups excluding carboxylic acids is 1. The van der Waals surface area contributed by atoms with Crippen LogP contribution in [0.25, 0.3) is 0 Å². The minimum atomic E-state index is -0.952. The molecule has 1 fully saturated rings. The molecular formula is C11H14FN3O2. The van der Waals surface area contributed by atoms with E-state index in [0.717, 1.165) is 0 Å². The maximum absolute atomic E-state index is 12.8. The first-order valence-corrected chi connectivity index (χ1v) is 5.41. The van der Waals surface area contributed by atoms with Gasteiger partial charge in [-0.3, -0.25) is 4.79 Å². The van der Waals surface area contributed by atoms with Crippen LogP contribution in [0.4, 0.5) is 10.2 Å². The smallest absolute Gasteiger partial charge is 0.245 e. The predicted octanol–water partition coefficient (Wildman–Crippen LogP) is 0.667. The second-order valence-electron chi connectivity index (χ2n) is 4.07. The Morgan fingerprint density at radius 3 is 2.82 bits per heavy atom. The minimum Gasteiger partial charge on any atom is -0.381 e. The van der Waals surface area contributed by atoms with E-state index in [2.05, 4.69) is 10.3 Å². The van der Waals surface area contributed by atoms with Crippen molar-refractivity contribution in [1.29, 1.82) is 0 Å². The van der Waals surface area contributed by atoms with Crippen molar-refractivity contribution in [2.45, 2.75) is 18.4 Å². The number of nitrogens with zero attached hydrogens (tertiary/aromatic N) is 1. The van der Waals surface area contributed by atoms with Crippen LogP contribution in [-0.2, 0) is 9.53 Å². The van der Waals surface area contributed by atoms with Gasteiger partial charge in [-0.05, 0) is 25.0 Å². The Bertz CT molecular complexity index is 419. The molecule has 3 N–H and O–H groups in total. The summed E-state index contributed by atoms with van der Waals surface area (Å²) in [6, 6.07) is 4.21. The molecule has 1 saturated heterocycles. The molecule has 1 aromatic rings. The van der Waals surface area contributed by atoms with E-state index < -0.39 is 11.5 Å². The molecule has 0 aromatic carbocycles. The maximum atomic E-state index is 12.8. The van der Waals surface area contributed by atoms with Crippen molar-refractivity contribution in [2.24, 2.45) is 5.73 Å². The summed E-state index contributed by atoms with van der Waals surface area (Å²) in [5.41, 5.74) is 5.02. The van der Waals surface area contributed by atoms with E-state index in [1.807, 2.05) is 0 Å². The number of carbonyl (C=O) groups is 1. The van der Waals surface area contributed by atoms with Crippen molar-refractivity contribution in [2.75, 3.05) is 18.5 Å². The number of nitrogens with one attached hydrogen (secondary N) is 1. The number of amides is 1. The lowest BCUT2D eigenvalue weighted by Crippen LogP contribution is -2.54. The highest BCUT2D eigenvalue weighted by atomic mass is 19.1. The molecule has 1 aliphatic heterocycles. The SMILES string of the molecule is NC1(C(=O)Nc2cccc(F)n2)CCOCC1. The van der Waals surface area contributed by atoms with Gasteiger partial charge < -0.3 is 15.8 Å². The minimum absolute atomic E-state index is 0.173. The highest BCUT2D eigenvalue weighted by Gasteiger charge is 2.36. The third-order valence-electron chi connectivity index (χ3n) is 2.79. The van der Waals surface area contributed by atoms with Crippen LogP contribution >= 0.6 is 0 Å². The molecule has 0 bridgehead atoms. The molecule has 0 aliphatic carbocycles. The van der Waals surface area contributed by atoms with Crippen molar-refractivity contribution in [3.8, 4) is 0 Å². The second kappa shape index (κ2) is 4.77. The fourth-order valence-corrected chi connectivity index (χ4v) is 1.68. The average molecular weight is 239 g/mol. The van der Waals surface area contributed by atoms with Crippen LogP contribution in [0.15, 0.2) is 18.2 Å². The van der Waals surface area contributed by atoms with Crippen molar-refractivity contribution >= 4 is 11.7 Å². The first-order valence-electron chi connectivity index (χ1n) is 5.41. The molecule has 2 rings (SSSR count). The van der Waals surface area contributed by atoms with E-state index in [1.165, 1.54) is 18.2 Å². The molecule has 17 heavy (non-hydrogen) atoms. The molecular weight excluding hydrogens is 225 g/mol. The van der Waals surface area contributed by atoms with Gasteiger partial charge in [-0.15, -0.1) is 0 Å². The lowest BCUT2D eigenvalue weighted by molar-refractivity contribution is -0.124. The Kier molecular flexibility index (Phi) is 3.35. The Morgan fingerprint density at radius 1 is 1.47 bits per heavy atom. The van der Waals surface area contributed by atoms with E-state index in [-0.39, 0.29) is 11.7 Å². The summed E-state index contributed by atoms with van der Waals surface area (Å²) in [5.74, 6) is -0.814. The number of halogens is 1. The summed E-state index contributed by atoms with van der Waals surface area (Å²) in [7, 11) is 0. The molecule has 0 radical (unpaired) electrons. The fourth-order valence-electron chi connectivity index (χ4n) is 1.68. The molecule has 0 unspecified atom stereocenters. The largest absolute Gasteiger partial charge is 0.381 e. The fraction of sp³-hybridized carbons (Fsp3) is 0.455. The van der Waals surface area contributed by atoms with Crippen LogP contribution in [-0.4, -0.2) is 29.6 Å². The Balaban J connectivity index is 2.05. The predicted molar refractivity (Wildman–Crippen MR) is 59.8 cm³/mol. The summed E-state index contributed by atoms with van der Waals surface area (Å²) in [6.07, 6.45) is 0.905. The normalized spacial score (nSPS) is 18.7. The zero-order valence-electron chi connectivity index (χ0n) is 9.28. The van der Waals surface area contributed by atoms with Crippen molar-refractivity contribution in [1.82, 2.24) is 4.98 Å². The summed E-state index contributed by atoms with van der Waals surface area (Å²) in [4.78, 5) is 15.5. The van der Waals surface area contributed by atoms with Gasteiger partial charge in [0.25, 0.3) is 0 Å². The van der Waals surface area contributed by atoms with Gasteiger partial charge in [0.15, 0.2) is 0 Å². The molecule has 92 valence electrons. The number of rotatable bonds is 2. The van der Waals surface area contributed by atoms with Crippen LogP contribution in [0, 0.1) is 5.95 Å². The maximum Gasteiger partial charge on any atom is 0.245 e. The Hall–Kier alpha value is -1.53. The van der Waals surface area contributed by atoms with Gasteiger partial charge in [-0.2, -0.15) is 4.39 Å². The highest BCUT2D eigenvalue weighted by Crippen LogP contribution is 2.19. The number of hydrogen-bond acceptors (Lipinski definition) is 4. The van der Waals surface area contributed by atoms with Crippen LogP contribution in [0.2, 0.25) is 0 Å². The molecule has 5 nitrogen and oxygen atoms in total. The molecule has 0 spiro atoms. The van der Waals surface area contributed by atoms with Gasteiger partial charge in [0.1, 0.15) is 11.4 Å². The molecule has 1 amide bonds. The first-order chi connectivity index (χ1) is 8.10. The molecule has 1 aliphatic rings. The topological polar surface area (TPSA) is 77.2 Å². The summed E-state index contributed by atoms with van der Waals surface area (Å²) in [6.45, 7) is 0.918. The van der Waals surface area contributed by atoms with E-state index in [4.69, 9.17) is 10.5 Å². The summed E-state index contributed by atoms with van der Waals surface area (Å²) >= 11 is 0. The molecule has 0 atom stereocenters. The van der Waals surface area contributed by atoms with Gasteiger partial charge in [0.2, 0.25) is 11.9 Å². The Morgan fingerprint density at radius 2 is 2.18 bits per heavy atom. The highest BCUT2D eigenvalue weighted by molar-refractivity contribution is 5.97.